The van der Waals surface area contributed by atoms with Gasteiger partial charge in [0, 0.05) is 11.1 Å². The predicted molar refractivity (Wildman–Crippen MR) is 138 cm³/mol. The number of aryl methyl sites for hydroxylation is 2. The van der Waals surface area contributed by atoms with Crippen LogP contribution in [0.25, 0.3) is 0 Å². The van der Waals surface area contributed by atoms with Gasteiger partial charge in [0.2, 0.25) is 0 Å². The zero-order valence-electron chi connectivity index (χ0n) is 22.8. The van der Waals surface area contributed by atoms with Crippen LogP contribution in [0.5, 0.6) is 0 Å². The molecule has 190 valence electrons. The standard InChI is InChI=1S/C30H34O6/c1-17-11-13-23(21(5)19(17)3)25(31)27(33)35-29(7,8)15-16-30(9,10)36-28(34)26(32)24-14-12-18(2)20(4)22(24)6/h11-14H,1-10H3. The summed E-state index contributed by atoms with van der Waals surface area (Å²) in [5, 5.41) is 0. The average Bonchev–Trinajstić information content (AvgIpc) is 2.79. The second-order valence-corrected chi connectivity index (χ2v) is 10.1. The van der Waals surface area contributed by atoms with E-state index in [4.69, 9.17) is 9.47 Å². The van der Waals surface area contributed by atoms with Gasteiger partial charge >= 0.3 is 11.9 Å². The number of hydrogen-bond acceptors (Lipinski definition) is 6. The third-order valence-electron chi connectivity index (χ3n) is 6.34. The highest BCUT2D eigenvalue weighted by Gasteiger charge is 2.30. The molecule has 0 aliphatic carbocycles. The van der Waals surface area contributed by atoms with Crippen LogP contribution < -0.4 is 0 Å². The van der Waals surface area contributed by atoms with Gasteiger partial charge in [0.1, 0.15) is 0 Å². The van der Waals surface area contributed by atoms with Crippen molar-refractivity contribution >= 4 is 23.5 Å². The number of hydrogen-bond donors (Lipinski definition) is 0. The zero-order chi connectivity index (χ0) is 27.6. The second-order valence-electron chi connectivity index (χ2n) is 10.1. The first-order valence-corrected chi connectivity index (χ1v) is 11.7. The van der Waals surface area contributed by atoms with Gasteiger partial charge in [-0.2, -0.15) is 0 Å². The first-order chi connectivity index (χ1) is 16.5. The van der Waals surface area contributed by atoms with Crippen LogP contribution in [0.15, 0.2) is 24.3 Å². The first-order valence-electron chi connectivity index (χ1n) is 11.7. The zero-order valence-corrected chi connectivity index (χ0v) is 22.8. The van der Waals surface area contributed by atoms with Crippen LogP contribution >= 0.6 is 0 Å². The fraction of sp³-hybridized carbons (Fsp3) is 0.400. The maximum atomic E-state index is 12.7. The number of esters is 2. The lowest BCUT2D eigenvalue weighted by Gasteiger charge is -2.22. The molecule has 0 aromatic heterocycles. The minimum absolute atomic E-state index is 0.279. The van der Waals surface area contributed by atoms with E-state index >= 15 is 0 Å². The molecule has 0 heterocycles. The monoisotopic (exact) mass is 490 g/mol. The highest BCUT2D eigenvalue weighted by atomic mass is 16.6. The number of ether oxygens (including phenoxy) is 2. The van der Waals surface area contributed by atoms with Crippen molar-refractivity contribution in [2.24, 2.45) is 0 Å². The van der Waals surface area contributed by atoms with Crippen molar-refractivity contribution in [3.63, 3.8) is 0 Å². The lowest BCUT2D eigenvalue weighted by Crippen LogP contribution is -2.34. The molecule has 2 rings (SSSR count). The van der Waals surface area contributed by atoms with E-state index < -0.39 is 34.7 Å². The molecule has 0 spiro atoms. The van der Waals surface area contributed by atoms with Crippen LogP contribution in [0.1, 0.15) is 81.8 Å². The van der Waals surface area contributed by atoms with Crippen molar-refractivity contribution in [1.82, 2.24) is 0 Å². The Bertz CT molecular complexity index is 1220. The Morgan fingerprint density at radius 3 is 1.17 bits per heavy atom. The summed E-state index contributed by atoms with van der Waals surface area (Å²) in [6, 6.07) is 6.78. The Morgan fingerprint density at radius 2 is 0.861 bits per heavy atom. The van der Waals surface area contributed by atoms with E-state index in [0.29, 0.717) is 0 Å². The van der Waals surface area contributed by atoms with E-state index in [9.17, 15) is 19.2 Å². The summed E-state index contributed by atoms with van der Waals surface area (Å²) >= 11 is 0. The van der Waals surface area contributed by atoms with Crippen LogP contribution in [-0.4, -0.2) is 34.7 Å². The Hall–Kier alpha value is -3.72. The fourth-order valence-corrected chi connectivity index (χ4v) is 3.53. The molecule has 0 aliphatic heterocycles. The summed E-state index contributed by atoms with van der Waals surface area (Å²) in [5.74, 6) is 1.92. The van der Waals surface area contributed by atoms with Gasteiger partial charge in [-0.15, -0.1) is 0 Å². The topological polar surface area (TPSA) is 86.7 Å². The van der Waals surface area contributed by atoms with Gasteiger partial charge in [0.05, 0.1) is 0 Å². The van der Waals surface area contributed by atoms with Crippen LogP contribution in [-0.2, 0) is 19.1 Å². The Labute approximate surface area is 213 Å². The molecule has 0 saturated carbocycles. The smallest absolute Gasteiger partial charge is 0.381 e. The van der Waals surface area contributed by atoms with Crippen LogP contribution in [0.4, 0.5) is 0 Å². The van der Waals surface area contributed by atoms with Gasteiger partial charge in [-0.3, -0.25) is 9.59 Å². The number of benzene rings is 2. The number of ketones is 2. The molecule has 0 atom stereocenters. The van der Waals surface area contributed by atoms with Crippen molar-refractivity contribution in [3.8, 4) is 11.8 Å². The molecular formula is C30H34O6. The molecule has 0 bridgehead atoms. The third kappa shape index (κ3) is 6.48. The summed E-state index contributed by atoms with van der Waals surface area (Å²) < 4.78 is 10.7. The second kappa shape index (κ2) is 10.5. The minimum atomic E-state index is -1.35. The highest BCUT2D eigenvalue weighted by molar-refractivity contribution is 6.41. The number of carbonyl (C=O) groups excluding carboxylic acids is 4. The van der Waals surface area contributed by atoms with E-state index in [-0.39, 0.29) is 11.1 Å². The van der Waals surface area contributed by atoms with Crippen molar-refractivity contribution in [2.75, 3.05) is 0 Å². The van der Waals surface area contributed by atoms with Crippen LogP contribution in [0.3, 0.4) is 0 Å². The minimum Gasteiger partial charge on any atom is -0.440 e. The maximum Gasteiger partial charge on any atom is 0.381 e. The van der Waals surface area contributed by atoms with E-state index in [1.165, 1.54) is 27.7 Å². The number of Topliss-reactive ketones (excluding diaryl/α,β-unsaturated/α-hetero) is 2. The van der Waals surface area contributed by atoms with E-state index in [1.54, 1.807) is 38.1 Å². The van der Waals surface area contributed by atoms with Gasteiger partial charge in [0.25, 0.3) is 11.6 Å². The Balaban J connectivity index is 2.15. The van der Waals surface area contributed by atoms with E-state index in [2.05, 4.69) is 11.8 Å². The summed E-state index contributed by atoms with van der Waals surface area (Å²) in [7, 11) is 0. The van der Waals surface area contributed by atoms with Crippen molar-refractivity contribution in [1.29, 1.82) is 0 Å². The van der Waals surface area contributed by atoms with Crippen molar-refractivity contribution in [3.05, 3.63) is 68.8 Å². The van der Waals surface area contributed by atoms with Crippen molar-refractivity contribution < 1.29 is 28.7 Å². The lowest BCUT2D eigenvalue weighted by molar-refractivity contribution is -0.147. The molecule has 0 fully saturated rings. The summed E-state index contributed by atoms with van der Waals surface area (Å²) in [4.78, 5) is 50.6. The molecule has 2 aromatic carbocycles. The molecule has 0 unspecified atom stereocenters. The van der Waals surface area contributed by atoms with E-state index in [1.807, 2.05) is 27.7 Å². The fourth-order valence-electron chi connectivity index (χ4n) is 3.53. The lowest BCUT2D eigenvalue weighted by atomic mass is 9.96. The highest BCUT2D eigenvalue weighted by Crippen LogP contribution is 2.21. The molecule has 6 heteroatoms. The molecule has 36 heavy (non-hydrogen) atoms. The van der Waals surface area contributed by atoms with Gasteiger partial charge in [-0.25, -0.2) is 9.59 Å². The number of rotatable bonds is 6. The molecule has 6 nitrogen and oxygen atoms in total. The molecule has 0 saturated heterocycles. The van der Waals surface area contributed by atoms with Crippen LogP contribution in [0, 0.1) is 53.4 Å². The normalized spacial score (nSPS) is 11.3. The summed E-state index contributed by atoms with van der Waals surface area (Å²) in [5.41, 5.74) is 3.21. The molecule has 2 aromatic rings. The number of carbonyl (C=O) groups is 4. The summed E-state index contributed by atoms with van der Waals surface area (Å²) in [6.45, 7) is 17.3. The van der Waals surface area contributed by atoms with Gasteiger partial charge in [-0.05, 0) is 103 Å². The van der Waals surface area contributed by atoms with Gasteiger partial charge < -0.3 is 9.47 Å². The molecular weight excluding hydrogens is 456 g/mol. The molecule has 0 N–H and O–H groups in total. The summed E-state index contributed by atoms with van der Waals surface area (Å²) in [6.07, 6.45) is 0. The SMILES string of the molecule is Cc1ccc(C(=O)C(=O)OC(C)(C)C#CC(C)(C)OC(=O)C(=O)c2ccc(C)c(C)c2C)c(C)c1C. The first kappa shape index (κ1) is 28.5. The Kier molecular flexibility index (Phi) is 8.31. The van der Waals surface area contributed by atoms with Crippen LogP contribution in [0.2, 0.25) is 0 Å². The van der Waals surface area contributed by atoms with Gasteiger partial charge in [0.15, 0.2) is 11.2 Å². The largest absolute Gasteiger partial charge is 0.440 e. The predicted octanol–water partition coefficient (Wildman–Crippen LogP) is 5.25. The average molecular weight is 491 g/mol. The quantitative estimate of drug-likeness (QED) is 0.238. The molecule has 0 radical (unpaired) electrons. The maximum absolute atomic E-state index is 12.7. The third-order valence-corrected chi connectivity index (χ3v) is 6.34. The van der Waals surface area contributed by atoms with E-state index in [0.717, 1.165) is 33.4 Å². The molecule has 0 aliphatic rings. The van der Waals surface area contributed by atoms with Crippen molar-refractivity contribution in [2.45, 2.75) is 80.4 Å². The Morgan fingerprint density at radius 1 is 0.556 bits per heavy atom. The molecule has 0 amide bonds. The van der Waals surface area contributed by atoms with Gasteiger partial charge in [-0.1, -0.05) is 36.1 Å².